The number of hydrogen-bond acceptors (Lipinski definition) is 7. The van der Waals surface area contributed by atoms with Crippen molar-refractivity contribution >= 4 is 27.2 Å². The van der Waals surface area contributed by atoms with Crippen LogP contribution in [-0.4, -0.2) is 54.1 Å². The van der Waals surface area contributed by atoms with Gasteiger partial charge in [0, 0.05) is 37.9 Å². The molecule has 0 radical (unpaired) electrons. The van der Waals surface area contributed by atoms with Crippen molar-refractivity contribution in [3.63, 3.8) is 0 Å². The molecule has 1 aliphatic heterocycles. The Hall–Kier alpha value is -2.56. The lowest BCUT2D eigenvalue weighted by Gasteiger charge is -2.34. The zero-order chi connectivity index (χ0) is 19.7. The molecule has 1 saturated heterocycles. The molecule has 0 saturated carbocycles. The maximum absolute atomic E-state index is 13.0. The van der Waals surface area contributed by atoms with Crippen molar-refractivity contribution in [2.75, 3.05) is 31.1 Å². The maximum Gasteiger partial charge on any atom is 0.264 e. The van der Waals surface area contributed by atoms with Gasteiger partial charge in [-0.15, -0.1) is 11.3 Å². The van der Waals surface area contributed by atoms with Gasteiger partial charge < -0.3 is 4.90 Å². The average molecular weight is 418 g/mol. The van der Waals surface area contributed by atoms with Crippen LogP contribution in [0.25, 0.3) is 10.6 Å². The summed E-state index contributed by atoms with van der Waals surface area (Å²) in [4.78, 5) is 18.5. The molecule has 1 aliphatic rings. The number of rotatable bonds is 4. The Bertz CT molecular complexity index is 1130. The second kappa shape index (κ2) is 7.46. The van der Waals surface area contributed by atoms with Crippen LogP contribution >= 0.6 is 11.3 Å². The summed E-state index contributed by atoms with van der Waals surface area (Å²) in [6, 6.07) is 12.1. The lowest BCUT2D eigenvalue weighted by molar-refractivity contribution is 0.384. The Balaban J connectivity index is 1.49. The highest BCUT2D eigenvalue weighted by Gasteiger charge is 2.30. The fourth-order valence-corrected chi connectivity index (χ4v) is 5.92. The van der Waals surface area contributed by atoms with E-state index in [9.17, 15) is 13.2 Å². The number of nitrogens with zero attached hydrogens (tertiary/aromatic N) is 4. The van der Waals surface area contributed by atoms with Gasteiger partial charge in [0.05, 0.1) is 4.88 Å². The van der Waals surface area contributed by atoms with Crippen LogP contribution in [0.5, 0.6) is 0 Å². The quantitative estimate of drug-likeness (QED) is 0.694. The van der Waals surface area contributed by atoms with Crippen molar-refractivity contribution in [3.8, 4) is 10.6 Å². The number of H-pyrrole nitrogens is 1. The number of thiophene rings is 1. The van der Waals surface area contributed by atoms with E-state index in [1.165, 1.54) is 10.4 Å². The van der Waals surface area contributed by atoms with Crippen LogP contribution < -0.4 is 10.5 Å². The minimum Gasteiger partial charge on any atom is -0.354 e. The van der Waals surface area contributed by atoms with Gasteiger partial charge in [0.15, 0.2) is 0 Å². The summed E-state index contributed by atoms with van der Waals surface area (Å²) in [5.41, 5.74) is 1.19. The average Bonchev–Trinajstić information content (AvgIpc) is 3.20. The number of pyridine rings is 1. The third kappa shape index (κ3) is 3.71. The second-order valence-corrected chi connectivity index (χ2v) is 9.70. The van der Waals surface area contributed by atoms with Gasteiger partial charge in [-0.3, -0.25) is 4.79 Å². The van der Waals surface area contributed by atoms with Crippen LogP contribution in [0.15, 0.2) is 51.5 Å². The van der Waals surface area contributed by atoms with E-state index in [-0.39, 0.29) is 9.77 Å². The summed E-state index contributed by atoms with van der Waals surface area (Å²) in [5, 5.41) is 6.32. The normalized spacial score (nSPS) is 15.7. The molecule has 0 aliphatic carbocycles. The summed E-state index contributed by atoms with van der Waals surface area (Å²) >= 11 is 1.15. The molecule has 0 unspecified atom stereocenters. The van der Waals surface area contributed by atoms with Gasteiger partial charge in [0.2, 0.25) is 0 Å². The molecule has 4 rings (SSSR count). The molecule has 3 aromatic heterocycles. The van der Waals surface area contributed by atoms with Crippen molar-refractivity contribution in [1.82, 2.24) is 19.5 Å². The molecular weight excluding hydrogens is 398 g/mol. The molecule has 146 valence electrons. The molecule has 4 heterocycles. The van der Waals surface area contributed by atoms with E-state index in [1.54, 1.807) is 18.2 Å². The first-order valence-corrected chi connectivity index (χ1v) is 11.0. The number of aryl methyl sites for hydroxylation is 1. The van der Waals surface area contributed by atoms with Crippen LogP contribution in [0, 0.1) is 6.92 Å². The predicted molar refractivity (Wildman–Crippen MR) is 108 cm³/mol. The van der Waals surface area contributed by atoms with E-state index in [4.69, 9.17) is 0 Å². The summed E-state index contributed by atoms with van der Waals surface area (Å²) in [5.74, 6) is 0.875. The van der Waals surface area contributed by atoms with Gasteiger partial charge in [0.25, 0.3) is 15.6 Å². The summed E-state index contributed by atoms with van der Waals surface area (Å²) in [7, 11) is -3.57. The van der Waals surface area contributed by atoms with Crippen molar-refractivity contribution in [2.24, 2.45) is 0 Å². The fraction of sp³-hybridized carbons (Fsp3) is 0.278. The molecule has 8 nitrogen and oxygen atoms in total. The van der Waals surface area contributed by atoms with Gasteiger partial charge >= 0.3 is 0 Å². The van der Waals surface area contributed by atoms with Crippen LogP contribution in [-0.2, 0) is 10.0 Å². The minimum absolute atomic E-state index is 0.276. The van der Waals surface area contributed by atoms with Gasteiger partial charge in [-0.05, 0) is 37.3 Å². The van der Waals surface area contributed by atoms with Crippen LogP contribution in [0.1, 0.15) is 5.69 Å². The predicted octanol–water partition coefficient (Wildman–Crippen LogP) is 1.71. The summed E-state index contributed by atoms with van der Waals surface area (Å²) in [6.45, 7) is 3.94. The number of nitrogens with one attached hydrogen (secondary N) is 1. The smallest absolute Gasteiger partial charge is 0.264 e. The zero-order valence-corrected chi connectivity index (χ0v) is 16.8. The van der Waals surface area contributed by atoms with E-state index in [0.717, 1.165) is 22.8 Å². The lowest BCUT2D eigenvalue weighted by Crippen LogP contribution is -2.48. The third-order valence-corrected chi connectivity index (χ3v) is 8.02. The molecule has 1 N–H and O–H groups in total. The third-order valence-electron chi connectivity index (χ3n) is 4.54. The number of aromatic nitrogens is 3. The molecule has 28 heavy (non-hydrogen) atoms. The van der Waals surface area contributed by atoms with Crippen LogP contribution in [0.4, 0.5) is 5.82 Å². The molecule has 0 aromatic carbocycles. The van der Waals surface area contributed by atoms with Crippen molar-refractivity contribution in [1.29, 1.82) is 0 Å². The highest BCUT2D eigenvalue weighted by molar-refractivity contribution is 7.91. The molecule has 0 spiro atoms. The first-order chi connectivity index (χ1) is 13.4. The topological polar surface area (TPSA) is 99.3 Å². The number of anilines is 1. The Morgan fingerprint density at radius 3 is 2.50 bits per heavy atom. The van der Waals surface area contributed by atoms with Gasteiger partial charge in [-0.25, -0.2) is 18.5 Å². The summed E-state index contributed by atoms with van der Waals surface area (Å²) in [6.07, 6.45) is 0. The van der Waals surface area contributed by atoms with E-state index >= 15 is 0 Å². The van der Waals surface area contributed by atoms with Crippen LogP contribution in [0.2, 0.25) is 0 Å². The van der Waals surface area contributed by atoms with Crippen molar-refractivity contribution < 1.29 is 8.42 Å². The van der Waals surface area contributed by atoms with E-state index in [1.807, 2.05) is 25.1 Å². The zero-order valence-electron chi connectivity index (χ0n) is 15.2. The van der Waals surface area contributed by atoms with E-state index in [0.29, 0.717) is 36.8 Å². The first kappa shape index (κ1) is 18.8. The number of aromatic amines is 1. The van der Waals surface area contributed by atoms with E-state index in [2.05, 4.69) is 20.1 Å². The highest BCUT2D eigenvalue weighted by atomic mass is 32.2. The van der Waals surface area contributed by atoms with E-state index < -0.39 is 10.0 Å². The maximum atomic E-state index is 13.0. The molecule has 10 heteroatoms. The van der Waals surface area contributed by atoms with Gasteiger partial charge in [-0.2, -0.15) is 9.40 Å². The molecule has 1 fully saturated rings. The Morgan fingerprint density at radius 1 is 1.04 bits per heavy atom. The molecule has 0 atom stereocenters. The monoisotopic (exact) mass is 417 g/mol. The SMILES string of the molecule is Cc1cccc(N2CCN(S(=O)(=O)c3ccc(-c4ccc(=O)[nH]n4)s3)CC2)n1. The Kier molecular flexibility index (Phi) is 5.00. The molecule has 3 aromatic rings. The molecule has 0 amide bonds. The highest BCUT2D eigenvalue weighted by Crippen LogP contribution is 2.31. The molecular formula is C18H19N5O3S2. The standard InChI is InChI=1S/C18H19N5O3S2/c1-13-3-2-4-16(19-13)22-9-11-23(12-10-22)28(25,26)18-8-6-15(27-18)14-5-7-17(24)21-20-14/h2-8H,9-12H2,1H3,(H,21,24). The first-order valence-electron chi connectivity index (χ1n) is 8.78. The minimum atomic E-state index is -3.57. The molecule has 0 bridgehead atoms. The Morgan fingerprint density at radius 2 is 1.82 bits per heavy atom. The lowest BCUT2D eigenvalue weighted by atomic mass is 10.3. The second-order valence-electron chi connectivity index (χ2n) is 6.45. The summed E-state index contributed by atoms with van der Waals surface area (Å²) < 4.78 is 27.8. The fourth-order valence-electron chi connectivity index (χ4n) is 3.07. The number of hydrogen-bond donors (Lipinski definition) is 1. The Labute approximate surface area is 166 Å². The van der Waals surface area contributed by atoms with Crippen molar-refractivity contribution in [3.05, 3.63) is 58.5 Å². The van der Waals surface area contributed by atoms with Gasteiger partial charge in [0.1, 0.15) is 15.7 Å². The van der Waals surface area contributed by atoms with Crippen LogP contribution in [0.3, 0.4) is 0 Å². The van der Waals surface area contributed by atoms with Gasteiger partial charge in [-0.1, -0.05) is 6.07 Å². The largest absolute Gasteiger partial charge is 0.354 e. The number of sulfonamides is 1. The number of piperazine rings is 1. The van der Waals surface area contributed by atoms with Crippen molar-refractivity contribution in [2.45, 2.75) is 11.1 Å².